The summed E-state index contributed by atoms with van der Waals surface area (Å²) in [5, 5.41) is 1.20. The standard InChI is InChI=1S/C15H12N2/c1-2-6-13(7-3-1)16-10-12-11-17-15-9-5-4-8-14(12)15/h1-11,17H. The van der Waals surface area contributed by atoms with Crippen LogP contribution in [0.5, 0.6) is 0 Å². The molecule has 0 unspecified atom stereocenters. The highest BCUT2D eigenvalue weighted by Gasteiger charge is 1.98. The smallest absolute Gasteiger partial charge is 0.0629 e. The lowest BCUT2D eigenvalue weighted by atomic mass is 10.2. The minimum absolute atomic E-state index is 0.970. The third-order valence-corrected chi connectivity index (χ3v) is 2.73. The van der Waals surface area contributed by atoms with Crippen molar-refractivity contribution in [1.29, 1.82) is 0 Å². The Morgan fingerprint density at radius 1 is 0.882 bits per heavy atom. The van der Waals surface area contributed by atoms with E-state index in [0.29, 0.717) is 0 Å². The molecular weight excluding hydrogens is 208 g/mol. The molecule has 17 heavy (non-hydrogen) atoms. The van der Waals surface area contributed by atoms with E-state index in [4.69, 9.17) is 0 Å². The largest absolute Gasteiger partial charge is 0.361 e. The van der Waals surface area contributed by atoms with Crippen LogP contribution in [0.2, 0.25) is 0 Å². The average molecular weight is 220 g/mol. The number of aromatic nitrogens is 1. The van der Waals surface area contributed by atoms with E-state index in [9.17, 15) is 0 Å². The van der Waals surface area contributed by atoms with E-state index >= 15 is 0 Å². The molecule has 3 aromatic rings. The Hall–Kier alpha value is -2.35. The van der Waals surface area contributed by atoms with Gasteiger partial charge >= 0.3 is 0 Å². The second kappa shape index (κ2) is 4.26. The molecule has 2 aromatic carbocycles. The molecule has 0 spiro atoms. The van der Waals surface area contributed by atoms with Crippen LogP contribution in [0.4, 0.5) is 5.69 Å². The van der Waals surface area contributed by atoms with Crippen LogP contribution in [-0.2, 0) is 0 Å². The lowest BCUT2D eigenvalue weighted by molar-refractivity contribution is 1.47. The molecule has 1 aromatic heterocycles. The molecule has 0 amide bonds. The van der Waals surface area contributed by atoms with Crippen molar-refractivity contribution in [3.8, 4) is 0 Å². The van der Waals surface area contributed by atoms with Gasteiger partial charge in [-0.1, -0.05) is 36.4 Å². The number of H-pyrrole nitrogens is 1. The maximum absolute atomic E-state index is 4.45. The van der Waals surface area contributed by atoms with Gasteiger partial charge in [-0.15, -0.1) is 0 Å². The molecule has 0 saturated heterocycles. The SMILES string of the molecule is C(=Nc1ccccc1)c1c[nH]c2ccccc12. The van der Waals surface area contributed by atoms with Crippen LogP contribution in [0.1, 0.15) is 5.56 Å². The van der Waals surface area contributed by atoms with E-state index in [-0.39, 0.29) is 0 Å². The Kier molecular flexibility index (Phi) is 2.47. The fourth-order valence-corrected chi connectivity index (χ4v) is 1.86. The van der Waals surface area contributed by atoms with Gasteiger partial charge in [-0.2, -0.15) is 0 Å². The van der Waals surface area contributed by atoms with Crippen molar-refractivity contribution in [3.05, 3.63) is 66.4 Å². The minimum Gasteiger partial charge on any atom is -0.361 e. The minimum atomic E-state index is 0.970. The van der Waals surface area contributed by atoms with Gasteiger partial charge in [0.2, 0.25) is 0 Å². The number of nitrogens with zero attached hydrogens (tertiary/aromatic N) is 1. The van der Waals surface area contributed by atoms with Crippen LogP contribution in [0.25, 0.3) is 10.9 Å². The molecule has 82 valence electrons. The molecule has 0 atom stereocenters. The molecule has 0 bridgehead atoms. The van der Waals surface area contributed by atoms with E-state index in [1.54, 1.807) is 0 Å². The zero-order valence-corrected chi connectivity index (χ0v) is 9.30. The van der Waals surface area contributed by atoms with E-state index in [0.717, 1.165) is 16.8 Å². The number of fused-ring (bicyclic) bond motifs is 1. The van der Waals surface area contributed by atoms with Gasteiger partial charge in [0.05, 0.1) is 5.69 Å². The molecular formula is C15H12N2. The molecule has 0 aliphatic carbocycles. The normalized spacial score (nSPS) is 11.3. The van der Waals surface area contributed by atoms with Crippen molar-refractivity contribution in [3.63, 3.8) is 0 Å². The Morgan fingerprint density at radius 2 is 1.65 bits per heavy atom. The first kappa shape index (κ1) is 9.85. The molecule has 1 N–H and O–H groups in total. The van der Waals surface area contributed by atoms with Crippen molar-refractivity contribution in [1.82, 2.24) is 4.98 Å². The monoisotopic (exact) mass is 220 g/mol. The Labute approximate surface area is 99.6 Å². The molecule has 0 aliphatic rings. The van der Waals surface area contributed by atoms with Gasteiger partial charge in [-0.25, -0.2) is 0 Å². The van der Waals surface area contributed by atoms with Crippen molar-refractivity contribution < 1.29 is 0 Å². The zero-order valence-electron chi connectivity index (χ0n) is 9.30. The van der Waals surface area contributed by atoms with E-state index in [2.05, 4.69) is 22.1 Å². The third kappa shape index (κ3) is 1.97. The predicted octanol–water partition coefficient (Wildman–Crippen LogP) is 3.92. The van der Waals surface area contributed by atoms with Gasteiger partial charge in [0.15, 0.2) is 0 Å². The van der Waals surface area contributed by atoms with Crippen LogP contribution in [-0.4, -0.2) is 11.2 Å². The molecule has 0 radical (unpaired) electrons. The average Bonchev–Trinajstić information content (AvgIpc) is 2.81. The number of benzene rings is 2. The number of hydrogen-bond acceptors (Lipinski definition) is 1. The van der Waals surface area contributed by atoms with Crippen LogP contribution >= 0.6 is 0 Å². The highest BCUT2D eigenvalue weighted by atomic mass is 14.7. The van der Waals surface area contributed by atoms with Crippen molar-refractivity contribution in [2.75, 3.05) is 0 Å². The highest BCUT2D eigenvalue weighted by molar-refractivity contribution is 5.99. The molecule has 2 heteroatoms. The Bertz CT molecular complexity index is 651. The van der Waals surface area contributed by atoms with Gasteiger partial charge in [0.25, 0.3) is 0 Å². The summed E-state index contributed by atoms with van der Waals surface area (Å²) in [5.74, 6) is 0. The lowest BCUT2D eigenvalue weighted by Gasteiger charge is -1.92. The first-order valence-corrected chi connectivity index (χ1v) is 5.59. The molecule has 0 fully saturated rings. The van der Waals surface area contributed by atoms with E-state index in [1.165, 1.54) is 5.39 Å². The lowest BCUT2D eigenvalue weighted by Crippen LogP contribution is -1.76. The van der Waals surface area contributed by atoms with Crippen molar-refractivity contribution in [2.24, 2.45) is 4.99 Å². The summed E-state index contributed by atoms with van der Waals surface area (Å²) in [7, 11) is 0. The Balaban J connectivity index is 1.98. The molecule has 0 aliphatic heterocycles. The summed E-state index contributed by atoms with van der Waals surface area (Å²) in [4.78, 5) is 7.69. The maximum atomic E-state index is 4.45. The molecule has 1 heterocycles. The van der Waals surface area contributed by atoms with Crippen LogP contribution < -0.4 is 0 Å². The summed E-state index contributed by atoms with van der Waals surface area (Å²) in [6.45, 7) is 0. The summed E-state index contributed by atoms with van der Waals surface area (Å²) in [6, 6.07) is 18.2. The number of hydrogen-bond donors (Lipinski definition) is 1. The van der Waals surface area contributed by atoms with E-state index in [1.807, 2.05) is 54.9 Å². The summed E-state index contributed by atoms with van der Waals surface area (Å²) in [5.41, 5.74) is 3.23. The summed E-state index contributed by atoms with van der Waals surface area (Å²) < 4.78 is 0. The van der Waals surface area contributed by atoms with Crippen LogP contribution in [0, 0.1) is 0 Å². The topological polar surface area (TPSA) is 28.1 Å². The maximum Gasteiger partial charge on any atom is 0.0629 e. The van der Waals surface area contributed by atoms with Gasteiger partial charge < -0.3 is 4.98 Å². The number of nitrogens with one attached hydrogen (secondary N) is 1. The van der Waals surface area contributed by atoms with Crippen molar-refractivity contribution in [2.45, 2.75) is 0 Å². The predicted molar refractivity (Wildman–Crippen MR) is 72.0 cm³/mol. The van der Waals surface area contributed by atoms with Crippen LogP contribution in [0.3, 0.4) is 0 Å². The summed E-state index contributed by atoms with van der Waals surface area (Å²) >= 11 is 0. The molecule has 3 rings (SSSR count). The Morgan fingerprint density at radius 3 is 2.53 bits per heavy atom. The number of aliphatic imine (C=N–C) groups is 1. The first-order valence-electron chi connectivity index (χ1n) is 5.59. The van der Waals surface area contributed by atoms with Gasteiger partial charge in [0, 0.05) is 28.9 Å². The number of para-hydroxylation sites is 2. The van der Waals surface area contributed by atoms with E-state index < -0.39 is 0 Å². The first-order chi connectivity index (χ1) is 8.43. The fraction of sp³-hybridized carbons (Fsp3) is 0. The summed E-state index contributed by atoms with van der Waals surface area (Å²) in [6.07, 6.45) is 3.88. The third-order valence-electron chi connectivity index (χ3n) is 2.73. The number of rotatable bonds is 2. The van der Waals surface area contributed by atoms with Gasteiger partial charge in [-0.05, 0) is 18.2 Å². The molecule has 0 saturated carbocycles. The van der Waals surface area contributed by atoms with Crippen molar-refractivity contribution >= 4 is 22.8 Å². The number of aromatic amines is 1. The molecule has 2 nitrogen and oxygen atoms in total. The highest BCUT2D eigenvalue weighted by Crippen LogP contribution is 2.17. The van der Waals surface area contributed by atoms with Gasteiger partial charge in [0.1, 0.15) is 0 Å². The second-order valence-corrected chi connectivity index (χ2v) is 3.88. The fourth-order valence-electron chi connectivity index (χ4n) is 1.86. The second-order valence-electron chi connectivity index (χ2n) is 3.88. The quantitative estimate of drug-likeness (QED) is 0.634. The van der Waals surface area contributed by atoms with Crippen LogP contribution in [0.15, 0.2) is 65.8 Å². The zero-order chi connectivity index (χ0) is 11.5. The van der Waals surface area contributed by atoms with Gasteiger partial charge in [-0.3, -0.25) is 4.99 Å².